The SMILES string of the molecule is Cc1ccc2cc(C(=O)NCc3cccc(COC(C)C)c3)c(C)nc2c1. The van der Waals surface area contributed by atoms with Gasteiger partial charge in [0, 0.05) is 11.9 Å². The number of aryl methyl sites for hydroxylation is 2. The van der Waals surface area contributed by atoms with Gasteiger partial charge in [0.15, 0.2) is 0 Å². The maximum absolute atomic E-state index is 12.7. The zero-order valence-electron chi connectivity index (χ0n) is 16.4. The predicted octanol–water partition coefficient (Wildman–Crippen LogP) is 4.71. The number of fused-ring (bicyclic) bond motifs is 1. The molecule has 3 aromatic rings. The fourth-order valence-electron chi connectivity index (χ4n) is 2.97. The van der Waals surface area contributed by atoms with Crippen molar-refractivity contribution in [1.29, 1.82) is 0 Å². The van der Waals surface area contributed by atoms with Crippen LogP contribution in [0.3, 0.4) is 0 Å². The van der Waals surface area contributed by atoms with Crippen LogP contribution in [0.5, 0.6) is 0 Å². The van der Waals surface area contributed by atoms with E-state index in [2.05, 4.69) is 16.4 Å². The Morgan fingerprint density at radius 3 is 2.63 bits per heavy atom. The highest BCUT2D eigenvalue weighted by Crippen LogP contribution is 2.18. The number of amides is 1. The van der Waals surface area contributed by atoms with Crippen LogP contribution in [-0.2, 0) is 17.9 Å². The molecule has 1 heterocycles. The predicted molar refractivity (Wildman–Crippen MR) is 109 cm³/mol. The Morgan fingerprint density at radius 2 is 1.85 bits per heavy atom. The molecule has 4 nitrogen and oxygen atoms in total. The lowest BCUT2D eigenvalue weighted by Gasteiger charge is -2.11. The number of hydrogen-bond donors (Lipinski definition) is 1. The van der Waals surface area contributed by atoms with Crippen LogP contribution in [0.1, 0.15) is 46.6 Å². The second-order valence-corrected chi connectivity index (χ2v) is 7.18. The zero-order valence-corrected chi connectivity index (χ0v) is 16.4. The summed E-state index contributed by atoms with van der Waals surface area (Å²) in [6, 6.07) is 16.1. The van der Waals surface area contributed by atoms with Crippen molar-refractivity contribution in [3.05, 3.63) is 76.5 Å². The van der Waals surface area contributed by atoms with Gasteiger partial charge < -0.3 is 10.1 Å². The van der Waals surface area contributed by atoms with E-state index >= 15 is 0 Å². The largest absolute Gasteiger partial charge is 0.374 e. The summed E-state index contributed by atoms with van der Waals surface area (Å²) >= 11 is 0. The second-order valence-electron chi connectivity index (χ2n) is 7.18. The summed E-state index contributed by atoms with van der Waals surface area (Å²) in [7, 11) is 0. The Balaban J connectivity index is 1.71. The number of hydrogen-bond acceptors (Lipinski definition) is 3. The van der Waals surface area contributed by atoms with Crippen LogP contribution >= 0.6 is 0 Å². The topological polar surface area (TPSA) is 51.2 Å². The Labute approximate surface area is 160 Å². The van der Waals surface area contributed by atoms with Gasteiger partial charge in [0.05, 0.1) is 29.5 Å². The Morgan fingerprint density at radius 1 is 1.07 bits per heavy atom. The summed E-state index contributed by atoms with van der Waals surface area (Å²) < 4.78 is 5.65. The van der Waals surface area contributed by atoms with Gasteiger partial charge >= 0.3 is 0 Å². The van der Waals surface area contributed by atoms with Crippen molar-refractivity contribution < 1.29 is 9.53 Å². The molecule has 27 heavy (non-hydrogen) atoms. The van der Waals surface area contributed by atoms with Gasteiger partial charge in [-0.25, -0.2) is 0 Å². The molecule has 4 heteroatoms. The molecule has 1 amide bonds. The van der Waals surface area contributed by atoms with Gasteiger partial charge in [0.1, 0.15) is 0 Å². The molecule has 0 fully saturated rings. The van der Waals surface area contributed by atoms with E-state index in [-0.39, 0.29) is 12.0 Å². The van der Waals surface area contributed by atoms with E-state index in [4.69, 9.17) is 4.74 Å². The van der Waals surface area contributed by atoms with Crippen LogP contribution in [0.25, 0.3) is 10.9 Å². The third-order valence-electron chi connectivity index (χ3n) is 4.44. The summed E-state index contributed by atoms with van der Waals surface area (Å²) in [6.07, 6.45) is 0.195. The Hall–Kier alpha value is -2.72. The minimum atomic E-state index is -0.105. The lowest BCUT2D eigenvalue weighted by Crippen LogP contribution is -2.24. The minimum absolute atomic E-state index is 0.105. The smallest absolute Gasteiger partial charge is 0.253 e. The molecule has 0 atom stereocenters. The molecule has 0 spiro atoms. The number of pyridine rings is 1. The van der Waals surface area contributed by atoms with Crippen molar-refractivity contribution in [3.63, 3.8) is 0 Å². The zero-order chi connectivity index (χ0) is 19.4. The third-order valence-corrected chi connectivity index (χ3v) is 4.44. The first-order chi connectivity index (χ1) is 12.9. The summed E-state index contributed by atoms with van der Waals surface area (Å²) in [6.45, 7) is 9.00. The molecule has 0 saturated heterocycles. The first-order valence-corrected chi connectivity index (χ1v) is 9.28. The lowest BCUT2D eigenvalue weighted by atomic mass is 10.1. The van der Waals surface area contributed by atoms with E-state index in [0.717, 1.165) is 33.3 Å². The van der Waals surface area contributed by atoms with Crippen molar-refractivity contribution in [3.8, 4) is 0 Å². The average Bonchev–Trinajstić information content (AvgIpc) is 2.64. The van der Waals surface area contributed by atoms with Crippen molar-refractivity contribution in [1.82, 2.24) is 10.3 Å². The number of aromatic nitrogens is 1. The molecule has 2 aromatic carbocycles. The summed E-state index contributed by atoms with van der Waals surface area (Å²) in [4.78, 5) is 17.3. The minimum Gasteiger partial charge on any atom is -0.374 e. The van der Waals surface area contributed by atoms with Gasteiger partial charge in [-0.15, -0.1) is 0 Å². The van der Waals surface area contributed by atoms with Gasteiger partial charge in [-0.1, -0.05) is 36.4 Å². The van der Waals surface area contributed by atoms with Gasteiger partial charge in [0.2, 0.25) is 0 Å². The number of nitrogens with zero attached hydrogens (tertiary/aromatic N) is 1. The highest BCUT2D eigenvalue weighted by atomic mass is 16.5. The maximum Gasteiger partial charge on any atom is 0.253 e. The van der Waals surface area contributed by atoms with E-state index in [1.54, 1.807) is 0 Å². The standard InChI is InChI=1S/C23H26N2O2/c1-15(2)27-14-19-7-5-6-18(11-19)13-24-23(26)21-12-20-9-8-16(3)10-22(20)25-17(21)4/h5-12,15H,13-14H2,1-4H3,(H,24,26). The molecular formula is C23H26N2O2. The fourth-order valence-corrected chi connectivity index (χ4v) is 2.97. The van der Waals surface area contributed by atoms with Crippen molar-refractivity contribution in [2.75, 3.05) is 0 Å². The molecule has 0 radical (unpaired) electrons. The molecule has 1 aromatic heterocycles. The van der Waals surface area contributed by atoms with Crippen molar-refractivity contribution in [2.45, 2.75) is 47.0 Å². The number of benzene rings is 2. The fraction of sp³-hybridized carbons (Fsp3) is 0.304. The average molecular weight is 362 g/mol. The highest BCUT2D eigenvalue weighted by Gasteiger charge is 2.12. The Bertz CT molecular complexity index is 964. The lowest BCUT2D eigenvalue weighted by molar-refractivity contribution is 0.0657. The van der Waals surface area contributed by atoms with Gasteiger partial charge in [-0.3, -0.25) is 9.78 Å². The van der Waals surface area contributed by atoms with E-state index < -0.39 is 0 Å². The number of rotatable bonds is 6. The monoisotopic (exact) mass is 362 g/mol. The first kappa shape index (κ1) is 19.1. The van der Waals surface area contributed by atoms with E-state index in [1.807, 2.05) is 70.2 Å². The van der Waals surface area contributed by atoms with E-state index in [1.165, 1.54) is 0 Å². The molecule has 0 bridgehead atoms. The van der Waals surface area contributed by atoms with Crippen LogP contribution in [0.15, 0.2) is 48.5 Å². The van der Waals surface area contributed by atoms with Crippen LogP contribution in [0.2, 0.25) is 0 Å². The van der Waals surface area contributed by atoms with E-state index in [9.17, 15) is 4.79 Å². The highest BCUT2D eigenvalue weighted by molar-refractivity contribution is 5.98. The summed E-state index contributed by atoms with van der Waals surface area (Å²) in [5.41, 5.74) is 5.59. The number of carbonyl (C=O) groups is 1. The van der Waals surface area contributed by atoms with Gasteiger partial charge in [0.25, 0.3) is 5.91 Å². The molecule has 0 aliphatic carbocycles. The number of nitrogens with one attached hydrogen (secondary N) is 1. The third kappa shape index (κ3) is 4.92. The van der Waals surface area contributed by atoms with Crippen molar-refractivity contribution in [2.24, 2.45) is 0 Å². The molecule has 1 N–H and O–H groups in total. The number of carbonyl (C=O) groups excluding carboxylic acids is 1. The molecule has 0 aliphatic rings. The van der Waals surface area contributed by atoms with Crippen LogP contribution < -0.4 is 5.32 Å². The van der Waals surface area contributed by atoms with Crippen molar-refractivity contribution >= 4 is 16.8 Å². The normalized spacial score (nSPS) is 11.1. The molecule has 140 valence electrons. The van der Waals surface area contributed by atoms with Crippen LogP contribution in [0, 0.1) is 13.8 Å². The van der Waals surface area contributed by atoms with E-state index in [0.29, 0.717) is 18.7 Å². The van der Waals surface area contributed by atoms with Gasteiger partial charge in [-0.2, -0.15) is 0 Å². The Kier molecular flexibility index (Phi) is 5.87. The van der Waals surface area contributed by atoms with Crippen LogP contribution in [-0.4, -0.2) is 17.0 Å². The molecule has 0 aliphatic heterocycles. The van der Waals surface area contributed by atoms with Crippen LogP contribution in [0.4, 0.5) is 0 Å². The molecule has 3 rings (SSSR count). The number of ether oxygens (including phenoxy) is 1. The molecule has 0 saturated carbocycles. The quantitative estimate of drug-likeness (QED) is 0.691. The maximum atomic E-state index is 12.7. The summed E-state index contributed by atoms with van der Waals surface area (Å²) in [5.74, 6) is -0.105. The first-order valence-electron chi connectivity index (χ1n) is 9.28. The molecule has 0 unspecified atom stereocenters. The molecular weight excluding hydrogens is 336 g/mol. The second kappa shape index (κ2) is 8.31. The summed E-state index contributed by atoms with van der Waals surface area (Å²) in [5, 5.41) is 3.98. The van der Waals surface area contributed by atoms with Gasteiger partial charge in [-0.05, 0) is 56.5 Å².